The van der Waals surface area contributed by atoms with E-state index in [4.69, 9.17) is 0 Å². The van der Waals surface area contributed by atoms with E-state index in [0.29, 0.717) is 5.56 Å². The number of amides is 1. The second-order valence-corrected chi connectivity index (χ2v) is 7.96. The summed E-state index contributed by atoms with van der Waals surface area (Å²) in [5.74, 6) is -0.637. The SMILES string of the molecule is O=C(NC1c2ccccc2-c2c(-c3ccc(F)nc3)cccc21)c1ccnc2c1C=CC2. The maximum Gasteiger partial charge on any atom is 0.252 e. The van der Waals surface area contributed by atoms with Gasteiger partial charge in [0.15, 0.2) is 0 Å². The number of hydrogen-bond donors (Lipinski definition) is 1. The highest BCUT2D eigenvalue weighted by molar-refractivity contribution is 6.00. The first kappa shape index (κ1) is 18.6. The minimum absolute atomic E-state index is 0.128. The van der Waals surface area contributed by atoms with E-state index in [1.54, 1.807) is 24.5 Å². The highest BCUT2D eigenvalue weighted by atomic mass is 19.1. The Hall–Kier alpha value is -4.12. The van der Waals surface area contributed by atoms with Crippen molar-refractivity contribution < 1.29 is 9.18 Å². The molecule has 2 aromatic carbocycles. The van der Waals surface area contributed by atoms with Crippen LogP contribution in [0.4, 0.5) is 4.39 Å². The first-order valence-electron chi connectivity index (χ1n) is 10.5. The lowest BCUT2D eigenvalue weighted by Crippen LogP contribution is -2.28. The van der Waals surface area contributed by atoms with Crippen LogP contribution in [0.2, 0.25) is 0 Å². The molecule has 0 spiro atoms. The van der Waals surface area contributed by atoms with E-state index in [1.165, 1.54) is 6.07 Å². The van der Waals surface area contributed by atoms with Crippen LogP contribution >= 0.6 is 0 Å². The number of carbonyl (C=O) groups excluding carboxylic acids is 1. The van der Waals surface area contributed by atoms with Gasteiger partial charge in [0.2, 0.25) is 5.95 Å². The Morgan fingerprint density at radius 3 is 2.66 bits per heavy atom. The van der Waals surface area contributed by atoms with Crippen molar-refractivity contribution >= 4 is 12.0 Å². The fourth-order valence-electron chi connectivity index (χ4n) is 4.75. The smallest absolute Gasteiger partial charge is 0.252 e. The summed E-state index contributed by atoms with van der Waals surface area (Å²) in [7, 11) is 0. The maximum atomic E-state index is 13.4. The highest BCUT2D eigenvalue weighted by Crippen LogP contribution is 2.48. The molecule has 0 saturated heterocycles. The number of carbonyl (C=O) groups is 1. The van der Waals surface area contributed by atoms with Crippen molar-refractivity contribution in [1.82, 2.24) is 15.3 Å². The molecule has 2 aromatic heterocycles. The molecule has 4 nitrogen and oxygen atoms in total. The Morgan fingerprint density at radius 1 is 0.938 bits per heavy atom. The molecule has 32 heavy (non-hydrogen) atoms. The minimum Gasteiger partial charge on any atom is -0.341 e. The summed E-state index contributed by atoms with van der Waals surface area (Å²) in [4.78, 5) is 21.6. The van der Waals surface area contributed by atoms with Crippen LogP contribution in [0.3, 0.4) is 0 Å². The first-order chi connectivity index (χ1) is 15.7. The van der Waals surface area contributed by atoms with Gasteiger partial charge in [-0.15, -0.1) is 0 Å². The third-order valence-corrected chi connectivity index (χ3v) is 6.18. The third kappa shape index (κ3) is 2.86. The fraction of sp³-hybridized carbons (Fsp3) is 0.0741. The predicted molar refractivity (Wildman–Crippen MR) is 121 cm³/mol. The summed E-state index contributed by atoms with van der Waals surface area (Å²) in [6.07, 6.45) is 7.98. The number of rotatable bonds is 3. The van der Waals surface area contributed by atoms with Gasteiger partial charge in [-0.25, -0.2) is 4.98 Å². The van der Waals surface area contributed by atoms with Gasteiger partial charge in [0, 0.05) is 35.5 Å². The molecule has 0 bridgehead atoms. The van der Waals surface area contributed by atoms with Crippen LogP contribution in [-0.2, 0) is 6.42 Å². The fourth-order valence-corrected chi connectivity index (χ4v) is 4.75. The molecule has 0 aliphatic heterocycles. The summed E-state index contributed by atoms with van der Waals surface area (Å²) in [6, 6.07) is 18.7. The van der Waals surface area contributed by atoms with Gasteiger partial charge in [-0.1, -0.05) is 54.6 Å². The Labute approximate surface area is 184 Å². The number of allylic oxidation sites excluding steroid dienone is 1. The third-order valence-electron chi connectivity index (χ3n) is 6.18. The Morgan fingerprint density at radius 2 is 1.78 bits per heavy atom. The zero-order valence-corrected chi connectivity index (χ0v) is 17.0. The molecule has 2 aliphatic carbocycles. The zero-order valence-electron chi connectivity index (χ0n) is 17.0. The van der Waals surface area contributed by atoms with E-state index in [0.717, 1.165) is 51.1 Å². The molecule has 0 radical (unpaired) electrons. The van der Waals surface area contributed by atoms with Crippen molar-refractivity contribution in [3.63, 3.8) is 0 Å². The van der Waals surface area contributed by atoms with Crippen molar-refractivity contribution in [1.29, 1.82) is 0 Å². The van der Waals surface area contributed by atoms with Gasteiger partial charge in [0.25, 0.3) is 5.91 Å². The molecule has 1 N–H and O–H groups in total. The van der Waals surface area contributed by atoms with Crippen LogP contribution in [-0.4, -0.2) is 15.9 Å². The van der Waals surface area contributed by atoms with Gasteiger partial charge in [0.05, 0.1) is 11.7 Å². The molecule has 2 heterocycles. The number of hydrogen-bond acceptors (Lipinski definition) is 3. The van der Waals surface area contributed by atoms with Crippen LogP contribution in [0, 0.1) is 5.95 Å². The number of aromatic nitrogens is 2. The molecule has 1 atom stereocenters. The topological polar surface area (TPSA) is 54.9 Å². The van der Waals surface area contributed by atoms with Gasteiger partial charge in [-0.2, -0.15) is 4.39 Å². The average Bonchev–Trinajstić information content (AvgIpc) is 3.43. The first-order valence-corrected chi connectivity index (χ1v) is 10.5. The predicted octanol–water partition coefficient (Wildman–Crippen LogP) is 5.35. The number of halogens is 1. The number of fused-ring (bicyclic) bond motifs is 4. The zero-order chi connectivity index (χ0) is 21.7. The summed E-state index contributed by atoms with van der Waals surface area (Å²) >= 11 is 0. The standard InChI is InChI=1S/C27H18FN3O/c28-24-12-11-16(15-30-24)17-7-3-9-22-25(17)19-5-1-2-6-20(19)26(22)31-27(32)21-13-14-29-23-10-4-8-18(21)23/h1-9,11-15,26H,10H2,(H,31,32). The molecular weight excluding hydrogens is 401 g/mol. The van der Waals surface area contributed by atoms with E-state index in [-0.39, 0.29) is 11.9 Å². The number of pyridine rings is 2. The second kappa shape index (κ2) is 7.24. The van der Waals surface area contributed by atoms with Crippen LogP contribution in [0.15, 0.2) is 79.1 Å². The monoisotopic (exact) mass is 419 g/mol. The molecule has 154 valence electrons. The maximum absolute atomic E-state index is 13.4. The number of nitrogens with one attached hydrogen (secondary N) is 1. The Balaban J connectivity index is 1.46. The molecule has 4 aromatic rings. The Kier molecular flexibility index (Phi) is 4.21. The van der Waals surface area contributed by atoms with E-state index in [9.17, 15) is 9.18 Å². The number of benzene rings is 2. The van der Waals surface area contributed by atoms with Crippen molar-refractivity contribution in [2.75, 3.05) is 0 Å². The van der Waals surface area contributed by atoms with E-state index < -0.39 is 5.95 Å². The minimum atomic E-state index is -0.509. The quantitative estimate of drug-likeness (QED) is 0.456. The molecular formula is C27H18FN3O. The molecule has 5 heteroatoms. The van der Waals surface area contributed by atoms with Crippen LogP contribution in [0.1, 0.15) is 38.8 Å². The lowest BCUT2D eigenvalue weighted by molar-refractivity contribution is 0.0943. The highest BCUT2D eigenvalue weighted by Gasteiger charge is 2.32. The lowest BCUT2D eigenvalue weighted by Gasteiger charge is -2.17. The largest absolute Gasteiger partial charge is 0.341 e. The summed E-state index contributed by atoms with van der Waals surface area (Å²) in [6.45, 7) is 0. The molecule has 1 unspecified atom stereocenters. The van der Waals surface area contributed by atoms with Crippen LogP contribution < -0.4 is 5.32 Å². The molecule has 0 saturated carbocycles. The summed E-state index contributed by atoms with van der Waals surface area (Å²) in [5.41, 5.74) is 8.41. The summed E-state index contributed by atoms with van der Waals surface area (Å²) < 4.78 is 13.4. The summed E-state index contributed by atoms with van der Waals surface area (Å²) in [5, 5.41) is 3.25. The average molecular weight is 419 g/mol. The molecule has 2 aliphatic rings. The van der Waals surface area contributed by atoms with E-state index in [1.807, 2.05) is 48.6 Å². The second-order valence-electron chi connectivity index (χ2n) is 7.96. The van der Waals surface area contributed by atoms with Gasteiger partial charge in [-0.05, 0) is 46.0 Å². The van der Waals surface area contributed by atoms with Crippen LogP contribution in [0.25, 0.3) is 28.3 Å². The van der Waals surface area contributed by atoms with Gasteiger partial charge in [-0.3, -0.25) is 9.78 Å². The molecule has 6 rings (SSSR count). The van der Waals surface area contributed by atoms with E-state index in [2.05, 4.69) is 21.4 Å². The van der Waals surface area contributed by atoms with Crippen molar-refractivity contribution in [3.8, 4) is 22.3 Å². The van der Waals surface area contributed by atoms with Gasteiger partial charge in [0.1, 0.15) is 0 Å². The van der Waals surface area contributed by atoms with Crippen molar-refractivity contribution in [2.45, 2.75) is 12.5 Å². The van der Waals surface area contributed by atoms with Crippen molar-refractivity contribution in [2.24, 2.45) is 0 Å². The lowest BCUT2D eigenvalue weighted by atomic mass is 9.95. The van der Waals surface area contributed by atoms with Gasteiger partial charge >= 0.3 is 0 Å². The van der Waals surface area contributed by atoms with Crippen LogP contribution in [0.5, 0.6) is 0 Å². The van der Waals surface area contributed by atoms with Crippen molar-refractivity contribution in [3.05, 3.63) is 113 Å². The molecule has 1 amide bonds. The number of nitrogens with zero attached hydrogens (tertiary/aromatic N) is 2. The normalized spacial score (nSPS) is 15.2. The Bertz CT molecular complexity index is 1410. The van der Waals surface area contributed by atoms with E-state index >= 15 is 0 Å². The molecule has 0 fully saturated rings. The van der Waals surface area contributed by atoms with Gasteiger partial charge < -0.3 is 5.32 Å².